The van der Waals surface area contributed by atoms with Gasteiger partial charge in [-0.2, -0.15) is 0 Å². The van der Waals surface area contributed by atoms with Gasteiger partial charge in [0.25, 0.3) is 11.5 Å². The Kier molecular flexibility index (Phi) is 8.90. The van der Waals surface area contributed by atoms with E-state index >= 15 is 0 Å². The van der Waals surface area contributed by atoms with Crippen LogP contribution in [0.1, 0.15) is 25.7 Å². The molecule has 0 aliphatic rings. The number of hydrogen-bond donors (Lipinski definition) is 2. The summed E-state index contributed by atoms with van der Waals surface area (Å²) in [6.45, 7) is 1.19. The van der Waals surface area contributed by atoms with Gasteiger partial charge in [0, 0.05) is 18.5 Å². The van der Waals surface area contributed by atoms with Crippen molar-refractivity contribution in [2.24, 2.45) is 12.8 Å². The first-order valence-corrected chi connectivity index (χ1v) is 13.5. The molecule has 0 fully saturated rings. The molecular weight excluding hydrogens is 520 g/mol. The van der Waals surface area contributed by atoms with E-state index in [1.807, 2.05) is 72.1 Å². The number of thiophene rings is 2. The van der Waals surface area contributed by atoms with Crippen molar-refractivity contribution in [3.63, 3.8) is 0 Å². The van der Waals surface area contributed by atoms with E-state index in [2.05, 4.69) is 5.32 Å². The lowest BCUT2D eigenvalue weighted by Crippen LogP contribution is -2.38. The van der Waals surface area contributed by atoms with Crippen molar-refractivity contribution in [1.29, 1.82) is 0 Å². The number of carbonyl (C=O) groups is 1. The first-order valence-electron chi connectivity index (χ1n) is 11.8. The van der Waals surface area contributed by atoms with Gasteiger partial charge in [0.2, 0.25) is 0 Å². The third-order valence-corrected chi connectivity index (χ3v) is 7.88. The second kappa shape index (κ2) is 12.5. The van der Waals surface area contributed by atoms with E-state index in [9.17, 15) is 14.4 Å². The zero-order valence-corrected chi connectivity index (χ0v) is 22.7. The molecule has 5 rings (SSSR count). The van der Waals surface area contributed by atoms with Crippen LogP contribution in [0.3, 0.4) is 0 Å². The Balaban J connectivity index is 0.000000283. The summed E-state index contributed by atoms with van der Waals surface area (Å²) in [5, 5.41) is 5.19. The molecule has 0 unspecified atom stereocenters. The SMILES string of the molecule is COc1cccc(CN)c1.Cn1c(=O)n(Cc2ccccc2)c(=O)c2cc(C(=O)NCc3cccs3)sc21. The van der Waals surface area contributed by atoms with Gasteiger partial charge in [0.1, 0.15) is 10.6 Å². The summed E-state index contributed by atoms with van der Waals surface area (Å²) in [5.74, 6) is 0.610. The van der Waals surface area contributed by atoms with E-state index in [0.717, 1.165) is 33.1 Å². The summed E-state index contributed by atoms with van der Waals surface area (Å²) < 4.78 is 7.64. The highest BCUT2D eigenvalue weighted by Crippen LogP contribution is 2.22. The highest BCUT2D eigenvalue weighted by Gasteiger charge is 2.18. The zero-order valence-electron chi connectivity index (χ0n) is 21.0. The van der Waals surface area contributed by atoms with Crippen LogP contribution in [0.2, 0.25) is 0 Å². The van der Waals surface area contributed by atoms with Gasteiger partial charge in [-0.05, 0) is 40.8 Å². The predicted molar refractivity (Wildman–Crippen MR) is 153 cm³/mol. The molecule has 0 spiro atoms. The fourth-order valence-corrected chi connectivity index (χ4v) is 5.43. The molecule has 8 nitrogen and oxygen atoms in total. The molecule has 0 aliphatic heterocycles. The first-order chi connectivity index (χ1) is 18.4. The standard InChI is InChI=1S/C20H17N3O3S2.C8H11NO/c1-22-19-15(10-16(28-19)17(24)21-11-14-8-5-9-27-14)18(25)23(20(22)26)12-13-6-3-2-4-7-13;1-10-8-4-2-3-7(5-8)6-9/h2-10H,11-12H2,1H3,(H,21,24);2-5H,6,9H2,1H3. The monoisotopic (exact) mass is 548 g/mol. The molecule has 0 saturated heterocycles. The van der Waals surface area contributed by atoms with Crippen molar-refractivity contribution in [2.45, 2.75) is 19.6 Å². The summed E-state index contributed by atoms with van der Waals surface area (Å²) in [6, 6.07) is 22.5. The second-order valence-corrected chi connectivity index (χ2v) is 10.4. The molecule has 0 atom stereocenters. The number of nitrogens with one attached hydrogen (secondary N) is 1. The molecule has 10 heteroatoms. The zero-order chi connectivity index (χ0) is 27.1. The maximum absolute atomic E-state index is 12.9. The molecule has 0 bridgehead atoms. The van der Waals surface area contributed by atoms with Crippen molar-refractivity contribution >= 4 is 38.8 Å². The number of aryl methyl sites for hydroxylation is 1. The molecule has 0 saturated carbocycles. The summed E-state index contributed by atoms with van der Waals surface area (Å²) >= 11 is 2.72. The Morgan fingerprint density at radius 2 is 1.76 bits per heavy atom. The molecule has 2 aromatic carbocycles. The average molecular weight is 549 g/mol. The number of benzene rings is 2. The molecular formula is C28H28N4O4S2. The number of methoxy groups -OCH3 is 1. The van der Waals surface area contributed by atoms with Crippen LogP contribution in [0.4, 0.5) is 0 Å². The predicted octanol–water partition coefficient (Wildman–Crippen LogP) is 3.96. The van der Waals surface area contributed by atoms with Crippen LogP contribution in [-0.4, -0.2) is 22.2 Å². The number of nitrogens with two attached hydrogens (primary N) is 1. The van der Waals surface area contributed by atoms with Gasteiger partial charge in [0.05, 0.1) is 30.5 Å². The van der Waals surface area contributed by atoms with Crippen molar-refractivity contribution in [2.75, 3.05) is 7.11 Å². The number of rotatable bonds is 7. The van der Waals surface area contributed by atoms with Crippen LogP contribution < -0.4 is 27.0 Å². The van der Waals surface area contributed by atoms with E-state index in [4.69, 9.17) is 10.5 Å². The van der Waals surface area contributed by atoms with Crippen LogP contribution in [0, 0.1) is 0 Å². The van der Waals surface area contributed by atoms with Crippen LogP contribution in [0.25, 0.3) is 10.2 Å². The summed E-state index contributed by atoms with van der Waals surface area (Å²) in [7, 11) is 3.27. The second-order valence-electron chi connectivity index (χ2n) is 8.37. The minimum Gasteiger partial charge on any atom is -0.497 e. The van der Waals surface area contributed by atoms with Gasteiger partial charge in [-0.3, -0.25) is 18.7 Å². The maximum atomic E-state index is 12.9. The van der Waals surface area contributed by atoms with Gasteiger partial charge < -0.3 is 15.8 Å². The van der Waals surface area contributed by atoms with E-state index in [1.54, 1.807) is 31.6 Å². The smallest absolute Gasteiger partial charge is 0.332 e. The van der Waals surface area contributed by atoms with Crippen molar-refractivity contribution in [3.8, 4) is 5.75 Å². The van der Waals surface area contributed by atoms with Crippen LogP contribution in [0.15, 0.2) is 87.8 Å². The van der Waals surface area contributed by atoms with Gasteiger partial charge in [0.15, 0.2) is 0 Å². The number of carbonyl (C=O) groups excluding carboxylic acids is 1. The highest BCUT2D eigenvalue weighted by molar-refractivity contribution is 7.20. The van der Waals surface area contributed by atoms with Gasteiger partial charge in [-0.1, -0.05) is 48.5 Å². The molecule has 0 aliphatic carbocycles. The van der Waals surface area contributed by atoms with Crippen LogP contribution in [-0.2, 0) is 26.7 Å². The third-order valence-electron chi connectivity index (χ3n) is 5.79. The Bertz CT molecular complexity index is 1620. The van der Waals surface area contributed by atoms with Crippen molar-refractivity contribution in [3.05, 3.63) is 120 Å². The Morgan fingerprint density at radius 1 is 1.00 bits per heavy atom. The molecule has 3 aromatic heterocycles. The number of aromatic nitrogens is 2. The average Bonchev–Trinajstić information content (AvgIpc) is 3.65. The minimum absolute atomic E-state index is 0.193. The summed E-state index contributed by atoms with van der Waals surface area (Å²) in [6.07, 6.45) is 0. The number of hydrogen-bond acceptors (Lipinski definition) is 7. The maximum Gasteiger partial charge on any atom is 0.332 e. The largest absolute Gasteiger partial charge is 0.497 e. The number of amides is 1. The molecule has 3 N–H and O–H groups in total. The van der Waals surface area contributed by atoms with E-state index in [0.29, 0.717) is 28.2 Å². The lowest BCUT2D eigenvalue weighted by Gasteiger charge is -2.08. The summed E-state index contributed by atoms with van der Waals surface area (Å²) in [4.78, 5) is 40.1. The number of ether oxygens (including phenoxy) is 1. The van der Waals surface area contributed by atoms with Crippen LogP contribution in [0.5, 0.6) is 5.75 Å². The molecule has 5 aromatic rings. The van der Waals surface area contributed by atoms with Crippen molar-refractivity contribution in [1.82, 2.24) is 14.5 Å². The summed E-state index contributed by atoms with van der Waals surface area (Å²) in [5.41, 5.74) is 6.61. The first kappa shape index (κ1) is 27.1. The van der Waals surface area contributed by atoms with E-state index in [-0.39, 0.29) is 18.0 Å². The number of fused-ring (bicyclic) bond motifs is 1. The van der Waals surface area contributed by atoms with Gasteiger partial charge in [-0.15, -0.1) is 22.7 Å². The molecule has 38 heavy (non-hydrogen) atoms. The van der Waals surface area contributed by atoms with E-state index in [1.165, 1.54) is 9.13 Å². The van der Waals surface area contributed by atoms with Crippen LogP contribution >= 0.6 is 22.7 Å². The lowest BCUT2D eigenvalue weighted by atomic mass is 10.2. The van der Waals surface area contributed by atoms with Crippen molar-refractivity contribution < 1.29 is 9.53 Å². The topological polar surface area (TPSA) is 108 Å². The Hall–Kier alpha value is -3.99. The fraction of sp³-hybridized carbons (Fsp3) is 0.179. The Morgan fingerprint density at radius 3 is 2.45 bits per heavy atom. The highest BCUT2D eigenvalue weighted by atomic mass is 32.1. The Labute approximate surface area is 227 Å². The molecule has 1 amide bonds. The third kappa shape index (κ3) is 6.28. The normalized spacial score (nSPS) is 10.6. The molecule has 196 valence electrons. The molecule has 3 heterocycles. The van der Waals surface area contributed by atoms with E-state index < -0.39 is 5.69 Å². The number of nitrogens with zero attached hydrogens (tertiary/aromatic N) is 2. The molecule has 0 radical (unpaired) electrons. The lowest BCUT2D eigenvalue weighted by molar-refractivity contribution is 0.0955. The quantitative estimate of drug-likeness (QED) is 0.320. The minimum atomic E-state index is -0.395. The fourth-order valence-electron chi connectivity index (χ4n) is 3.77. The van der Waals surface area contributed by atoms with Gasteiger partial charge >= 0.3 is 5.69 Å². The van der Waals surface area contributed by atoms with Gasteiger partial charge in [-0.25, -0.2) is 4.79 Å².